The number of carboxylic acid groups (broad SMARTS) is 2. The molecule has 4 atom stereocenters. The van der Waals surface area contributed by atoms with Crippen molar-refractivity contribution < 1.29 is 39.3 Å². The largest absolute Gasteiger partial charge is 0.508 e. The van der Waals surface area contributed by atoms with Crippen LogP contribution in [0.25, 0.3) is 0 Å². The Kier molecular flexibility index (Phi) is 12.0. The van der Waals surface area contributed by atoms with E-state index in [1.54, 1.807) is 26.0 Å². The van der Waals surface area contributed by atoms with Crippen LogP contribution in [0.3, 0.4) is 0 Å². The SMILES string of the molecule is CC(C)C(NC(=O)C(CCC(=O)O)NC(=O)C(N)Cc1ccc(O)cc1)C(=O)NC(CS)C(=O)O. The van der Waals surface area contributed by atoms with E-state index in [0.717, 1.165) is 0 Å². The predicted octanol–water partition coefficient (Wildman–Crippen LogP) is -0.748. The zero-order valence-corrected chi connectivity index (χ0v) is 20.3. The monoisotopic (exact) mass is 512 g/mol. The molecule has 3 amide bonds. The van der Waals surface area contributed by atoms with Crippen molar-refractivity contribution in [1.82, 2.24) is 16.0 Å². The van der Waals surface area contributed by atoms with E-state index in [1.165, 1.54) is 12.1 Å². The van der Waals surface area contributed by atoms with Crippen molar-refractivity contribution in [1.29, 1.82) is 0 Å². The lowest BCUT2D eigenvalue weighted by Crippen LogP contribution is -2.58. The molecule has 0 bridgehead atoms. The van der Waals surface area contributed by atoms with Crippen molar-refractivity contribution in [3.05, 3.63) is 29.8 Å². The van der Waals surface area contributed by atoms with Crippen molar-refractivity contribution in [2.75, 3.05) is 5.75 Å². The van der Waals surface area contributed by atoms with E-state index in [-0.39, 0.29) is 24.3 Å². The molecular formula is C22H32N4O8S. The normalized spacial score (nSPS) is 14.3. The van der Waals surface area contributed by atoms with E-state index in [0.29, 0.717) is 5.56 Å². The molecule has 0 aromatic heterocycles. The van der Waals surface area contributed by atoms with Crippen LogP contribution in [-0.4, -0.2) is 74.9 Å². The number of carbonyl (C=O) groups is 5. The Morgan fingerprint density at radius 2 is 1.49 bits per heavy atom. The molecule has 0 aliphatic heterocycles. The summed E-state index contributed by atoms with van der Waals surface area (Å²) in [7, 11) is 0. The summed E-state index contributed by atoms with van der Waals surface area (Å²) in [6, 6.07) is 1.22. The molecule has 0 saturated carbocycles. The quantitative estimate of drug-likeness (QED) is 0.147. The second-order valence-electron chi connectivity index (χ2n) is 8.28. The van der Waals surface area contributed by atoms with Crippen molar-refractivity contribution in [3.63, 3.8) is 0 Å². The van der Waals surface area contributed by atoms with Gasteiger partial charge in [-0.15, -0.1) is 0 Å². The van der Waals surface area contributed by atoms with Gasteiger partial charge in [-0.1, -0.05) is 26.0 Å². The number of phenolic OH excluding ortho intramolecular Hbond substituents is 1. The Balaban J connectivity index is 2.94. The number of hydrogen-bond donors (Lipinski definition) is 8. The molecule has 0 fully saturated rings. The van der Waals surface area contributed by atoms with Gasteiger partial charge in [-0.2, -0.15) is 12.6 Å². The van der Waals surface area contributed by atoms with Crippen LogP contribution < -0.4 is 21.7 Å². The molecule has 12 nitrogen and oxygen atoms in total. The second kappa shape index (κ2) is 14.2. The summed E-state index contributed by atoms with van der Waals surface area (Å²) < 4.78 is 0. The number of aromatic hydroxyl groups is 1. The molecular weight excluding hydrogens is 480 g/mol. The van der Waals surface area contributed by atoms with Gasteiger partial charge >= 0.3 is 11.9 Å². The summed E-state index contributed by atoms with van der Waals surface area (Å²) in [5.41, 5.74) is 6.60. The number of carbonyl (C=O) groups excluding carboxylic acids is 3. The average Bonchev–Trinajstić information content (AvgIpc) is 2.78. The third-order valence-electron chi connectivity index (χ3n) is 5.05. The molecule has 13 heteroatoms. The number of nitrogens with one attached hydrogen (secondary N) is 3. The lowest BCUT2D eigenvalue weighted by atomic mass is 10.0. The number of benzene rings is 1. The lowest BCUT2D eigenvalue weighted by Gasteiger charge is -2.26. The minimum Gasteiger partial charge on any atom is -0.508 e. The molecule has 1 rings (SSSR count). The van der Waals surface area contributed by atoms with Crippen LogP contribution in [0.1, 0.15) is 32.3 Å². The maximum Gasteiger partial charge on any atom is 0.327 e. The number of phenols is 1. The van der Waals surface area contributed by atoms with Crippen LogP contribution in [-0.2, 0) is 30.4 Å². The van der Waals surface area contributed by atoms with Gasteiger partial charge in [0.25, 0.3) is 0 Å². The Bertz CT molecular complexity index is 909. The minimum absolute atomic E-state index is 0.0463. The van der Waals surface area contributed by atoms with Gasteiger partial charge in [0.1, 0.15) is 23.9 Å². The molecule has 0 aliphatic carbocycles. The summed E-state index contributed by atoms with van der Waals surface area (Å²) >= 11 is 3.89. The number of carboxylic acids is 2. The molecule has 1 aromatic carbocycles. The van der Waals surface area contributed by atoms with Gasteiger partial charge < -0.3 is 37.0 Å². The third-order valence-corrected chi connectivity index (χ3v) is 5.42. The van der Waals surface area contributed by atoms with Gasteiger partial charge in [0.2, 0.25) is 17.7 Å². The first-order valence-corrected chi connectivity index (χ1v) is 11.5. The Morgan fingerprint density at radius 1 is 0.914 bits per heavy atom. The first-order valence-electron chi connectivity index (χ1n) is 10.9. The standard InChI is InChI=1S/C22H32N4O8S/c1-11(2)18(21(32)25-16(10-35)22(33)34)26-20(31)15(7-8-17(28)29)24-19(30)14(23)9-12-3-5-13(27)6-4-12/h3-6,11,14-16,18,27,35H,7-10,23H2,1-2H3,(H,24,30)(H,25,32)(H,26,31)(H,28,29)(H,33,34). The van der Waals surface area contributed by atoms with E-state index >= 15 is 0 Å². The highest BCUT2D eigenvalue weighted by Crippen LogP contribution is 2.11. The van der Waals surface area contributed by atoms with Crippen molar-refractivity contribution in [3.8, 4) is 5.75 Å². The Hall–Kier alpha value is -3.32. The fraction of sp³-hybridized carbons (Fsp3) is 0.500. The highest BCUT2D eigenvalue weighted by atomic mass is 32.1. The smallest absolute Gasteiger partial charge is 0.327 e. The van der Waals surface area contributed by atoms with E-state index in [9.17, 15) is 29.1 Å². The molecule has 0 spiro atoms. The van der Waals surface area contributed by atoms with E-state index in [1.807, 2.05) is 0 Å². The Morgan fingerprint density at radius 3 is 1.97 bits per heavy atom. The van der Waals surface area contributed by atoms with Gasteiger partial charge in [-0.05, 0) is 36.5 Å². The fourth-order valence-electron chi connectivity index (χ4n) is 3.03. The van der Waals surface area contributed by atoms with Crippen LogP contribution >= 0.6 is 12.6 Å². The maximum atomic E-state index is 12.9. The van der Waals surface area contributed by atoms with Crippen LogP contribution in [0, 0.1) is 5.92 Å². The minimum atomic E-state index is -1.31. The molecule has 35 heavy (non-hydrogen) atoms. The summed E-state index contributed by atoms with van der Waals surface area (Å²) in [6.07, 6.45) is -0.610. The molecule has 0 radical (unpaired) electrons. The van der Waals surface area contributed by atoms with Crippen LogP contribution in [0.5, 0.6) is 5.75 Å². The van der Waals surface area contributed by atoms with Gasteiger partial charge in [0.05, 0.1) is 6.04 Å². The van der Waals surface area contributed by atoms with Gasteiger partial charge in [-0.25, -0.2) is 4.79 Å². The Labute approximate surface area is 208 Å². The molecule has 194 valence electrons. The van der Waals surface area contributed by atoms with E-state index in [2.05, 4.69) is 28.6 Å². The van der Waals surface area contributed by atoms with E-state index in [4.69, 9.17) is 15.9 Å². The van der Waals surface area contributed by atoms with Crippen molar-refractivity contribution in [2.45, 2.75) is 57.3 Å². The molecule has 0 heterocycles. The zero-order chi connectivity index (χ0) is 26.7. The van der Waals surface area contributed by atoms with Crippen LogP contribution in [0.15, 0.2) is 24.3 Å². The van der Waals surface area contributed by atoms with Gasteiger partial charge in [0, 0.05) is 12.2 Å². The fourth-order valence-corrected chi connectivity index (χ4v) is 3.28. The number of rotatable bonds is 14. The summed E-state index contributed by atoms with van der Waals surface area (Å²) in [5.74, 6) is -5.36. The molecule has 1 aromatic rings. The maximum absolute atomic E-state index is 12.9. The van der Waals surface area contributed by atoms with Crippen LogP contribution in [0.2, 0.25) is 0 Å². The lowest BCUT2D eigenvalue weighted by molar-refractivity contribution is -0.142. The van der Waals surface area contributed by atoms with Gasteiger partial charge in [0.15, 0.2) is 0 Å². The third kappa shape index (κ3) is 10.2. The second-order valence-corrected chi connectivity index (χ2v) is 8.65. The summed E-state index contributed by atoms with van der Waals surface area (Å²) in [5, 5.41) is 34.7. The van der Waals surface area contributed by atoms with Crippen molar-refractivity contribution >= 4 is 42.3 Å². The van der Waals surface area contributed by atoms with Gasteiger partial charge in [-0.3, -0.25) is 19.2 Å². The van der Waals surface area contributed by atoms with Crippen LogP contribution in [0.4, 0.5) is 0 Å². The summed E-state index contributed by atoms with van der Waals surface area (Å²) in [6.45, 7) is 3.25. The molecule has 0 aliphatic rings. The zero-order valence-electron chi connectivity index (χ0n) is 19.4. The van der Waals surface area contributed by atoms with E-state index < -0.39 is 66.2 Å². The predicted molar refractivity (Wildman–Crippen MR) is 129 cm³/mol. The van der Waals surface area contributed by atoms with Crippen molar-refractivity contribution in [2.24, 2.45) is 11.7 Å². The number of hydrogen-bond acceptors (Lipinski definition) is 8. The number of aliphatic carboxylic acids is 2. The average molecular weight is 513 g/mol. The highest BCUT2D eigenvalue weighted by molar-refractivity contribution is 7.80. The molecule has 4 unspecified atom stereocenters. The number of thiol groups is 1. The number of nitrogens with two attached hydrogens (primary N) is 1. The highest BCUT2D eigenvalue weighted by Gasteiger charge is 2.31. The number of amides is 3. The summed E-state index contributed by atoms with van der Waals surface area (Å²) in [4.78, 5) is 60.4. The molecule has 0 saturated heterocycles. The topological polar surface area (TPSA) is 208 Å². The molecule has 8 N–H and O–H groups in total. The first kappa shape index (κ1) is 29.7. The first-order chi connectivity index (χ1) is 16.3.